The third-order valence-electron chi connectivity index (χ3n) is 3.15. The molecule has 0 aliphatic carbocycles. The molecule has 0 radical (unpaired) electrons. The van der Waals surface area contributed by atoms with E-state index in [4.69, 9.17) is 9.15 Å². The second-order valence-corrected chi connectivity index (χ2v) is 5.48. The van der Waals surface area contributed by atoms with E-state index in [1.54, 1.807) is 24.5 Å². The van der Waals surface area contributed by atoms with Crippen LogP contribution < -0.4 is 5.32 Å². The molecule has 1 aromatic heterocycles. The Kier molecular flexibility index (Phi) is 5.96. The van der Waals surface area contributed by atoms with Crippen LogP contribution in [0.3, 0.4) is 0 Å². The highest BCUT2D eigenvalue weighted by Crippen LogP contribution is 2.14. The summed E-state index contributed by atoms with van der Waals surface area (Å²) in [6.07, 6.45) is 1.66. The van der Waals surface area contributed by atoms with Crippen molar-refractivity contribution < 1.29 is 13.5 Å². The van der Waals surface area contributed by atoms with Gasteiger partial charge in [-0.25, -0.2) is 4.39 Å². The summed E-state index contributed by atoms with van der Waals surface area (Å²) in [4.78, 5) is 0. The SMILES string of the molecule is CC(C)CNCc1ccoc1COCc1ccccc1F. The lowest BCUT2D eigenvalue weighted by Gasteiger charge is -2.08. The minimum Gasteiger partial charge on any atom is -0.467 e. The third kappa shape index (κ3) is 4.99. The first kappa shape index (κ1) is 15.7. The number of hydrogen-bond donors (Lipinski definition) is 1. The molecular weight excluding hydrogens is 269 g/mol. The fourth-order valence-corrected chi connectivity index (χ4v) is 2.02. The van der Waals surface area contributed by atoms with E-state index in [2.05, 4.69) is 19.2 Å². The molecule has 3 nitrogen and oxygen atoms in total. The number of nitrogens with one attached hydrogen (secondary N) is 1. The Balaban J connectivity index is 1.81. The molecular formula is C17H22FNO2. The molecule has 0 saturated heterocycles. The van der Waals surface area contributed by atoms with Crippen LogP contribution in [-0.2, 0) is 24.5 Å². The van der Waals surface area contributed by atoms with E-state index in [9.17, 15) is 4.39 Å². The van der Waals surface area contributed by atoms with Crippen molar-refractivity contribution in [2.75, 3.05) is 6.54 Å². The first-order valence-corrected chi connectivity index (χ1v) is 7.24. The van der Waals surface area contributed by atoms with Gasteiger partial charge in [0.1, 0.15) is 18.2 Å². The molecule has 4 heteroatoms. The fourth-order valence-electron chi connectivity index (χ4n) is 2.02. The summed E-state index contributed by atoms with van der Waals surface area (Å²) in [5.74, 6) is 1.16. The van der Waals surface area contributed by atoms with Crippen molar-refractivity contribution >= 4 is 0 Å². The minimum atomic E-state index is -0.240. The van der Waals surface area contributed by atoms with Gasteiger partial charge in [-0.1, -0.05) is 32.0 Å². The Morgan fingerprint density at radius 2 is 1.95 bits per heavy atom. The number of furan rings is 1. The predicted molar refractivity (Wildman–Crippen MR) is 80.1 cm³/mol. The summed E-state index contributed by atoms with van der Waals surface area (Å²) in [6.45, 7) is 6.64. The van der Waals surface area contributed by atoms with Gasteiger partial charge < -0.3 is 14.5 Å². The van der Waals surface area contributed by atoms with Gasteiger partial charge in [0.2, 0.25) is 0 Å². The van der Waals surface area contributed by atoms with Gasteiger partial charge in [0, 0.05) is 17.7 Å². The molecule has 0 amide bonds. The summed E-state index contributed by atoms with van der Waals surface area (Å²) in [5, 5.41) is 3.37. The van der Waals surface area contributed by atoms with Gasteiger partial charge in [-0.2, -0.15) is 0 Å². The summed E-state index contributed by atoms with van der Waals surface area (Å²) in [7, 11) is 0. The van der Waals surface area contributed by atoms with Crippen molar-refractivity contribution in [1.82, 2.24) is 5.32 Å². The van der Waals surface area contributed by atoms with Crippen molar-refractivity contribution in [3.05, 3.63) is 59.3 Å². The quantitative estimate of drug-likeness (QED) is 0.801. The second-order valence-electron chi connectivity index (χ2n) is 5.48. The van der Waals surface area contributed by atoms with E-state index in [0.29, 0.717) is 18.1 Å². The van der Waals surface area contributed by atoms with Crippen LogP contribution in [0.25, 0.3) is 0 Å². The maximum Gasteiger partial charge on any atom is 0.133 e. The summed E-state index contributed by atoms with van der Waals surface area (Å²) < 4.78 is 24.4. The summed E-state index contributed by atoms with van der Waals surface area (Å²) >= 11 is 0. The zero-order chi connectivity index (χ0) is 15.1. The fraction of sp³-hybridized carbons (Fsp3) is 0.412. The van der Waals surface area contributed by atoms with E-state index in [0.717, 1.165) is 24.4 Å². The van der Waals surface area contributed by atoms with Crippen LogP contribution in [0.2, 0.25) is 0 Å². The van der Waals surface area contributed by atoms with Crippen LogP contribution in [0.4, 0.5) is 4.39 Å². The summed E-state index contributed by atoms with van der Waals surface area (Å²) in [6, 6.07) is 8.57. The van der Waals surface area contributed by atoms with Crippen molar-refractivity contribution in [3.63, 3.8) is 0 Å². The first-order chi connectivity index (χ1) is 10.2. The highest BCUT2D eigenvalue weighted by Gasteiger charge is 2.08. The lowest BCUT2D eigenvalue weighted by Crippen LogP contribution is -2.19. The van der Waals surface area contributed by atoms with Crippen LogP contribution in [-0.4, -0.2) is 6.54 Å². The van der Waals surface area contributed by atoms with Crippen molar-refractivity contribution in [1.29, 1.82) is 0 Å². The monoisotopic (exact) mass is 291 g/mol. The topological polar surface area (TPSA) is 34.4 Å². The average molecular weight is 291 g/mol. The van der Waals surface area contributed by atoms with Crippen molar-refractivity contribution in [3.8, 4) is 0 Å². The van der Waals surface area contributed by atoms with Crippen LogP contribution in [0, 0.1) is 11.7 Å². The third-order valence-corrected chi connectivity index (χ3v) is 3.15. The number of hydrogen-bond acceptors (Lipinski definition) is 3. The highest BCUT2D eigenvalue weighted by atomic mass is 19.1. The molecule has 0 atom stereocenters. The zero-order valence-electron chi connectivity index (χ0n) is 12.6. The Morgan fingerprint density at radius 3 is 2.71 bits per heavy atom. The molecule has 1 aromatic carbocycles. The van der Waals surface area contributed by atoms with Crippen molar-refractivity contribution in [2.24, 2.45) is 5.92 Å². The maximum atomic E-state index is 13.5. The molecule has 2 rings (SSSR count). The number of benzene rings is 1. The molecule has 1 heterocycles. The predicted octanol–water partition coefficient (Wildman–Crippen LogP) is 3.88. The van der Waals surface area contributed by atoms with Gasteiger partial charge >= 0.3 is 0 Å². The summed E-state index contributed by atoms with van der Waals surface area (Å²) in [5.41, 5.74) is 1.65. The van der Waals surface area contributed by atoms with E-state index >= 15 is 0 Å². The highest BCUT2D eigenvalue weighted by molar-refractivity contribution is 5.17. The van der Waals surface area contributed by atoms with E-state index in [-0.39, 0.29) is 12.4 Å². The van der Waals surface area contributed by atoms with Gasteiger partial charge in [-0.15, -0.1) is 0 Å². The van der Waals surface area contributed by atoms with Crippen molar-refractivity contribution in [2.45, 2.75) is 33.6 Å². The molecule has 0 unspecified atom stereocenters. The van der Waals surface area contributed by atoms with Gasteiger partial charge in [0.05, 0.1) is 12.9 Å². The molecule has 21 heavy (non-hydrogen) atoms. The van der Waals surface area contributed by atoms with Gasteiger partial charge in [0.25, 0.3) is 0 Å². The molecule has 0 aliphatic rings. The van der Waals surface area contributed by atoms with E-state index in [1.165, 1.54) is 6.07 Å². The van der Waals surface area contributed by atoms with E-state index in [1.807, 2.05) is 6.07 Å². The van der Waals surface area contributed by atoms with Gasteiger partial charge in [-0.05, 0) is 24.6 Å². The van der Waals surface area contributed by atoms with Crippen LogP contribution in [0.15, 0.2) is 41.0 Å². The maximum absolute atomic E-state index is 13.5. The number of ether oxygens (including phenoxy) is 1. The number of rotatable bonds is 8. The Hall–Kier alpha value is -1.65. The van der Waals surface area contributed by atoms with Gasteiger partial charge in [0.15, 0.2) is 0 Å². The average Bonchev–Trinajstić information content (AvgIpc) is 2.88. The lowest BCUT2D eigenvalue weighted by atomic mass is 10.2. The molecule has 0 aliphatic heterocycles. The standard InChI is InChI=1S/C17H22FNO2/c1-13(2)9-19-10-14-7-8-21-17(14)12-20-11-15-5-3-4-6-16(15)18/h3-8,13,19H,9-12H2,1-2H3. The molecule has 0 bridgehead atoms. The lowest BCUT2D eigenvalue weighted by molar-refractivity contribution is 0.0900. The molecule has 114 valence electrons. The molecule has 1 N–H and O–H groups in total. The van der Waals surface area contributed by atoms with Crippen LogP contribution in [0.1, 0.15) is 30.7 Å². The zero-order valence-corrected chi connectivity index (χ0v) is 12.6. The first-order valence-electron chi connectivity index (χ1n) is 7.24. The second kappa shape index (κ2) is 7.96. The van der Waals surface area contributed by atoms with Crippen LogP contribution >= 0.6 is 0 Å². The molecule has 0 fully saturated rings. The van der Waals surface area contributed by atoms with E-state index < -0.39 is 0 Å². The molecule has 0 spiro atoms. The van der Waals surface area contributed by atoms with Crippen LogP contribution in [0.5, 0.6) is 0 Å². The Labute approximate surface area is 125 Å². The Morgan fingerprint density at radius 1 is 1.14 bits per heavy atom. The largest absolute Gasteiger partial charge is 0.467 e. The Bertz CT molecular complexity index is 551. The molecule has 2 aromatic rings. The molecule has 0 saturated carbocycles. The minimum absolute atomic E-state index is 0.240. The normalized spacial score (nSPS) is 11.2. The van der Waals surface area contributed by atoms with Gasteiger partial charge in [-0.3, -0.25) is 0 Å². The number of halogens is 1. The smallest absolute Gasteiger partial charge is 0.133 e.